The molecule has 0 bridgehead atoms. The van der Waals surface area contributed by atoms with Crippen LogP contribution in [-0.4, -0.2) is 68.7 Å². The summed E-state index contributed by atoms with van der Waals surface area (Å²) in [7, 11) is 1.55. The predicted octanol–water partition coefficient (Wildman–Crippen LogP) is 2.54. The van der Waals surface area contributed by atoms with Crippen LogP contribution in [-0.2, 0) is 25.7 Å². The second kappa shape index (κ2) is 12.3. The first-order valence-corrected chi connectivity index (χ1v) is 12.0. The lowest BCUT2D eigenvalue weighted by Gasteiger charge is -2.33. The van der Waals surface area contributed by atoms with Gasteiger partial charge in [0.25, 0.3) is 0 Å². The van der Waals surface area contributed by atoms with Crippen LogP contribution in [0.2, 0.25) is 0 Å². The highest BCUT2D eigenvalue weighted by atomic mass is 19.1. The van der Waals surface area contributed by atoms with Crippen LogP contribution in [0.3, 0.4) is 0 Å². The molecule has 3 rings (SSSR count). The molecule has 38 heavy (non-hydrogen) atoms. The summed E-state index contributed by atoms with van der Waals surface area (Å²) in [5.41, 5.74) is 0.326. The van der Waals surface area contributed by atoms with E-state index in [0.717, 1.165) is 9.70 Å². The van der Waals surface area contributed by atoms with Crippen molar-refractivity contribution in [2.45, 2.75) is 45.8 Å². The number of hydrogen-bond acceptors (Lipinski definition) is 8. The molecule has 0 radical (unpaired) electrons. The molecular weight excluding hydrogens is 495 g/mol. The van der Waals surface area contributed by atoms with Crippen molar-refractivity contribution in [3.63, 3.8) is 0 Å². The Hall–Kier alpha value is -4.35. The first-order chi connectivity index (χ1) is 18.0. The van der Waals surface area contributed by atoms with Crippen molar-refractivity contribution < 1.29 is 28.2 Å². The number of halogens is 1. The Labute approximate surface area is 219 Å². The standard InChI is InChI=1S/C26H31FN6O5/c1-6-38-22(35)16-32(23(25(36)28-26(2,3)4)17-7-11-19(27)12-8-17)21(34)15-33-30-24(29-31-33)18-9-13-20(37-5)14-10-18/h7-14,23H,6,15-16H2,1-5H3,(H,28,36)/t23-/m0/s1. The minimum Gasteiger partial charge on any atom is -0.497 e. The van der Waals surface area contributed by atoms with Crippen molar-refractivity contribution in [2.75, 3.05) is 20.3 Å². The molecule has 0 aliphatic heterocycles. The molecule has 0 aliphatic rings. The molecule has 202 valence electrons. The number of nitrogens with one attached hydrogen (secondary N) is 1. The van der Waals surface area contributed by atoms with Crippen LogP contribution in [0.4, 0.5) is 4.39 Å². The maximum absolute atomic E-state index is 13.7. The van der Waals surface area contributed by atoms with E-state index >= 15 is 0 Å². The Morgan fingerprint density at radius 1 is 1.08 bits per heavy atom. The van der Waals surface area contributed by atoms with Crippen molar-refractivity contribution in [1.82, 2.24) is 30.4 Å². The van der Waals surface area contributed by atoms with Gasteiger partial charge in [-0.25, -0.2) is 4.39 Å². The monoisotopic (exact) mass is 526 g/mol. The molecule has 11 nitrogen and oxygen atoms in total. The number of methoxy groups -OCH3 is 1. The number of carbonyl (C=O) groups is 3. The largest absolute Gasteiger partial charge is 0.497 e. The minimum atomic E-state index is -1.25. The second-order valence-electron chi connectivity index (χ2n) is 9.39. The average Bonchev–Trinajstić information content (AvgIpc) is 3.32. The van der Waals surface area contributed by atoms with E-state index in [2.05, 4.69) is 20.7 Å². The van der Waals surface area contributed by atoms with Gasteiger partial charge >= 0.3 is 5.97 Å². The van der Waals surface area contributed by atoms with Crippen LogP contribution >= 0.6 is 0 Å². The summed E-state index contributed by atoms with van der Waals surface area (Å²) in [6, 6.07) is 10.9. The van der Waals surface area contributed by atoms with Crippen LogP contribution in [0.5, 0.6) is 5.75 Å². The van der Waals surface area contributed by atoms with Gasteiger partial charge in [-0.1, -0.05) is 12.1 Å². The van der Waals surface area contributed by atoms with Gasteiger partial charge in [0, 0.05) is 11.1 Å². The molecule has 1 heterocycles. The van der Waals surface area contributed by atoms with Gasteiger partial charge in [-0.15, -0.1) is 10.2 Å². The fourth-order valence-electron chi connectivity index (χ4n) is 3.60. The average molecular weight is 527 g/mol. The molecule has 0 saturated heterocycles. The topological polar surface area (TPSA) is 129 Å². The molecule has 0 saturated carbocycles. The van der Waals surface area contributed by atoms with Crippen molar-refractivity contribution in [3.8, 4) is 17.1 Å². The summed E-state index contributed by atoms with van der Waals surface area (Å²) in [6.45, 7) is 6.13. The second-order valence-corrected chi connectivity index (χ2v) is 9.39. The molecule has 1 N–H and O–H groups in total. The maximum Gasteiger partial charge on any atom is 0.325 e. The lowest BCUT2D eigenvalue weighted by atomic mass is 10.0. The fourth-order valence-corrected chi connectivity index (χ4v) is 3.60. The van der Waals surface area contributed by atoms with Gasteiger partial charge in [0.2, 0.25) is 17.6 Å². The van der Waals surface area contributed by atoms with Crippen molar-refractivity contribution >= 4 is 17.8 Å². The number of hydrogen-bond donors (Lipinski definition) is 1. The number of amides is 2. The van der Waals surface area contributed by atoms with E-state index < -0.39 is 48.3 Å². The Bertz CT molecular complexity index is 1250. The summed E-state index contributed by atoms with van der Waals surface area (Å²) in [4.78, 5) is 41.6. The highest BCUT2D eigenvalue weighted by Crippen LogP contribution is 2.24. The number of benzene rings is 2. The summed E-state index contributed by atoms with van der Waals surface area (Å²) in [5, 5.41) is 15.0. The maximum atomic E-state index is 13.7. The summed E-state index contributed by atoms with van der Waals surface area (Å²) in [6.07, 6.45) is 0. The van der Waals surface area contributed by atoms with Crippen LogP contribution in [0.15, 0.2) is 48.5 Å². The van der Waals surface area contributed by atoms with Gasteiger partial charge in [0.05, 0.1) is 13.7 Å². The molecule has 0 aliphatic carbocycles. The number of nitrogens with zero attached hydrogens (tertiary/aromatic N) is 5. The normalized spacial score (nSPS) is 11.9. The lowest BCUT2D eigenvalue weighted by Crippen LogP contribution is -2.51. The van der Waals surface area contributed by atoms with Crippen LogP contribution < -0.4 is 10.1 Å². The van der Waals surface area contributed by atoms with Crippen molar-refractivity contribution in [1.29, 1.82) is 0 Å². The number of tetrazole rings is 1. The number of aromatic nitrogens is 4. The SMILES string of the molecule is CCOC(=O)CN(C(=O)Cn1nnc(-c2ccc(OC)cc2)n1)[C@H](C(=O)NC(C)(C)C)c1ccc(F)cc1. The number of esters is 1. The molecular formula is C26H31FN6O5. The van der Waals surface area contributed by atoms with E-state index in [9.17, 15) is 18.8 Å². The Balaban J connectivity index is 1.94. The lowest BCUT2D eigenvalue weighted by molar-refractivity contribution is -0.153. The number of ether oxygens (including phenoxy) is 2. The van der Waals surface area contributed by atoms with E-state index in [0.29, 0.717) is 16.9 Å². The summed E-state index contributed by atoms with van der Waals surface area (Å²) < 4.78 is 23.9. The molecule has 0 spiro atoms. The Morgan fingerprint density at radius 3 is 2.32 bits per heavy atom. The molecule has 1 atom stereocenters. The van der Waals surface area contributed by atoms with Gasteiger partial charge in [-0.2, -0.15) is 4.80 Å². The van der Waals surface area contributed by atoms with Gasteiger partial charge in [-0.3, -0.25) is 14.4 Å². The molecule has 0 fully saturated rings. The van der Waals surface area contributed by atoms with E-state index in [1.165, 1.54) is 24.3 Å². The Kier molecular flexibility index (Phi) is 9.11. The molecule has 12 heteroatoms. The van der Waals surface area contributed by atoms with E-state index in [1.807, 2.05) is 0 Å². The molecule has 0 unspecified atom stereocenters. The zero-order valence-electron chi connectivity index (χ0n) is 22.0. The zero-order valence-corrected chi connectivity index (χ0v) is 22.0. The highest BCUT2D eigenvalue weighted by molar-refractivity contribution is 5.91. The quantitative estimate of drug-likeness (QED) is 0.399. The van der Waals surface area contributed by atoms with Crippen LogP contribution in [0, 0.1) is 5.82 Å². The van der Waals surface area contributed by atoms with E-state index in [1.54, 1.807) is 59.1 Å². The van der Waals surface area contributed by atoms with Gasteiger partial charge in [0.15, 0.2) is 0 Å². The molecule has 1 aromatic heterocycles. The number of rotatable bonds is 10. The van der Waals surface area contributed by atoms with Gasteiger partial charge < -0.3 is 19.7 Å². The smallest absolute Gasteiger partial charge is 0.325 e. The zero-order chi connectivity index (χ0) is 27.9. The highest BCUT2D eigenvalue weighted by Gasteiger charge is 2.35. The Morgan fingerprint density at radius 2 is 1.74 bits per heavy atom. The van der Waals surface area contributed by atoms with E-state index in [4.69, 9.17) is 9.47 Å². The molecule has 2 amide bonds. The summed E-state index contributed by atoms with van der Waals surface area (Å²) in [5.74, 6) is -1.47. The molecule has 3 aromatic rings. The van der Waals surface area contributed by atoms with Gasteiger partial charge in [0.1, 0.15) is 30.7 Å². The van der Waals surface area contributed by atoms with Crippen LogP contribution in [0.25, 0.3) is 11.4 Å². The third-order valence-electron chi connectivity index (χ3n) is 5.25. The predicted molar refractivity (Wildman–Crippen MR) is 135 cm³/mol. The molecule has 2 aromatic carbocycles. The van der Waals surface area contributed by atoms with Gasteiger partial charge in [-0.05, 0) is 74.9 Å². The first kappa shape index (κ1) is 28.2. The third-order valence-corrected chi connectivity index (χ3v) is 5.25. The van der Waals surface area contributed by atoms with E-state index in [-0.39, 0.29) is 12.4 Å². The minimum absolute atomic E-state index is 0.0894. The first-order valence-electron chi connectivity index (χ1n) is 12.0. The fraction of sp³-hybridized carbons (Fsp3) is 0.385. The van der Waals surface area contributed by atoms with Crippen molar-refractivity contribution in [2.24, 2.45) is 0 Å². The van der Waals surface area contributed by atoms with Crippen molar-refractivity contribution in [3.05, 3.63) is 59.9 Å². The number of carbonyl (C=O) groups excluding carboxylic acids is 3. The summed E-state index contributed by atoms with van der Waals surface area (Å²) >= 11 is 0. The third kappa shape index (κ3) is 7.58. The van der Waals surface area contributed by atoms with Crippen LogP contribution in [0.1, 0.15) is 39.3 Å².